The van der Waals surface area contributed by atoms with Crippen molar-refractivity contribution in [1.29, 1.82) is 0 Å². The predicted molar refractivity (Wildman–Crippen MR) is 90.7 cm³/mol. The Morgan fingerprint density at radius 1 is 1.17 bits per heavy atom. The lowest BCUT2D eigenvalue weighted by molar-refractivity contribution is -0.139. The van der Waals surface area contributed by atoms with E-state index in [4.69, 9.17) is 0 Å². The number of carboxylic acids is 1. The molecule has 23 heavy (non-hydrogen) atoms. The van der Waals surface area contributed by atoms with Crippen LogP contribution in [0.2, 0.25) is 0 Å². The van der Waals surface area contributed by atoms with E-state index in [0.717, 1.165) is 10.5 Å². The standard InChI is InChI=1S/C18H17NO3S/c1-12(18(21)22)19-14-9-5-6-10-15(14)23-16(11-17(19)20)13-7-3-2-4-8-13/h2-10,12,16H,11H2,1H3,(H,21,22). The van der Waals surface area contributed by atoms with Gasteiger partial charge in [-0.25, -0.2) is 4.79 Å². The van der Waals surface area contributed by atoms with Crippen molar-refractivity contribution in [1.82, 2.24) is 0 Å². The molecule has 0 bridgehead atoms. The van der Waals surface area contributed by atoms with Crippen LogP contribution in [-0.2, 0) is 9.59 Å². The topological polar surface area (TPSA) is 57.6 Å². The molecule has 0 aliphatic carbocycles. The smallest absolute Gasteiger partial charge is 0.326 e. The number of fused-ring (bicyclic) bond motifs is 1. The third-order valence-corrected chi connectivity index (χ3v) is 5.26. The molecule has 118 valence electrons. The van der Waals surface area contributed by atoms with Crippen molar-refractivity contribution in [2.75, 3.05) is 4.90 Å². The molecule has 1 aliphatic rings. The molecule has 3 rings (SSSR count). The zero-order chi connectivity index (χ0) is 16.4. The minimum Gasteiger partial charge on any atom is -0.480 e. The fourth-order valence-corrected chi connectivity index (χ4v) is 4.00. The highest BCUT2D eigenvalue weighted by Gasteiger charge is 2.34. The number of aliphatic carboxylic acids is 1. The van der Waals surface area contributed by atoms with Gasteiger partial charge >= 0.3 is 5.97 Å². The normalized spacial score (nSPS) is 18.9. The maximum absolute atomic E-state index is 12.8. The average Bonchev–Trinajstić information content (AvgIpc) is 2.70. The van der Waals surface area contributed by atoms with Crippen LogP contribution in [0.15, 0.2) is 59.5 Å². The number of thioether (sulfide) groups is 1. The van der Waals surface area contributed by atoms with Gasteiger partial charge in [-0.1, -0.05) is 42.5 Å². The van der Waals surface area contributed by atoms with Crippen molar-refractivity contribution < 1.29 is 14.7 Å². The molecule has 0 fully saturated rings. The molecule has 2 aromatic carbocycles. The lowest BCUT2D eigenvalue weighted by atomic mass is 10.1. The summed E-state index contributed by atoms with van der Waals surface area (Å²) in [5, 5.41) is 9.33. The van der Waals surface area contributed by atoms with Gasteiger partial charge in [0.2, 0.25) is 5.91 Å². The Kier molecular flexibility index (Phi) is 4.39. The Hall–Kier alpha value is -2.27. The van der Waals surface area contributed by atoms with Crippen molar-refractivity contribution in [2.45, 2.75) is 29.5 Å². The number of hydrogen-bond donors (Lipinski definition) is 1. The maximum Gasteiger partial charge on any atom is 0.326 e. The fourth-order valence-electron chi connectivity index (χ4n) is 2.73. The maximum atomic E-state index is 12.8. The first-order valence-electron chi connectivity index (χ1n) is 7.43. The largest absolute Gasteiger partial charge is 0.480 e. The van der Waals surface area contributed by atoms with Gasteiger partial charge < -0.3 is 5.11 Å². The third kappa shape index (κ3) is 3.10. The molecule has 1 amide bonds. The van der Waals surface area contributed by atoms with Crippen molar-refractivity contribution in [2.24, 2.45) is 0 Å². The molecular weight excluding hydrogens is 310 g/mol. The second-order valence-electron chi connectivity index (χ2n) is 5.47. The number of carbonyl (C=O) groups excluding carboxylic acids is 1. The van der Waals surface area contributed by atoms with Gasteiger partial charge in [0.25, 0.3) is 0 Å². The number of hydrogen-bond acceptors (Lipinski definition) is 3. The highest BCUT2D eigenvalue weighted by Crippen LogP contribution is 2.45. The first-order chi connectivity index (χ1) is 11.1. The summed E-state index contributed by atoms with van der Waals surface area (Å²) in [5.74, 6) is -1.16. The van der Waals surface area contributed by atoms with Gasteiger partial charge in [-0.05, 0) is 24.6 Å². The molecule has 0 saturated carbocycles. The van der Waals surface area contributed by atoms with Crippen LogP contribution in [0.5, 0.6) is 0 Å². The number of anilines is 1. The van der Waals surface area contributed by atoms with Crippen LogP contribution in [0.1, 0.15) is 24.2 Å². The zero-order valence-electron chi connectivity index (χ0n) is 12.7. The van der Waals surface area contributed by atoms with Gasteiger partial charge in [0, 0.05) is 16.6 Å². The van der Waals surface area contributed by atoms with E-state index in [1.165, 1.54) is 4.90 Å². The van der Waals surface area contributed by atoms with E-state index in [0.29, 0.717) is 5.69 Å². The average molecular weight is 327 g/mol. The molecule has 2 atom stereocenters. The second-order valence-corrected chi connectivity index (χ2v) is 6.71. The Bertz CT molecular complexity index is 732. The third-order valence-electron chi connectivity index (χ3n) is 3.94. The summed E-state index contributed by atoms with van der Waals surface area (Å²) < 4.78 is 0. The van der Waals surface area contributed by atoms with Gasteiger partial charge in [-0.15, -0.1) is 11.8 Å². The molecule has 1 N–H and O–H groups in total. The summed E-state index contributed by atoms with van der Waals surface area (Å²) in [7, 11) is 0. The van der Waals surface area contributed by atoms with Crippen molar-refractivity contribution in [3.05, 3.63) is 60.2 Å². The molecule has 0 radical (unpaired) electrons. The first-order valence-corrected chi connectivity index (χ1v) is 8.31. The van der Waals surface area contributed by atoms with E-state index in [9.17, 15) is 14.7 Å². The summed E-state index contributed by atoms with van der Waals surface area (Å²) in [4.78, 5) is 26.5. The molecule has 0 spiro atoms. The summed E-state index contributed by atoms with van der Waals surface area (Å²) in [6.07, 6.45) is 0.279. The van der Waals surface area contributed by atoms with E-state index in [2.05, 4.69) is 0 Å². The van der Waals surface area contributed by atoms with E-state index in [-0.39, 0.29) is 17.6 Å². The lowest BCUT2D eigenvalue weighted by Crippen LogP contribution is -2.43. The number of carboxylic acid groups (broad SMARTS) is 1. The summed E-state index contributed by atoms with van der Waals surface area (Å²) in [5.41, 5.74) is 1.75. The number of nitrogens with zero attached hydrogens (tertiary/aromatic N) is 1. The van der Waals surface area contributed by atoms with E-state index in [1.54, 1.807) is 18.7 Å². The molecule has 1 heterocycles. The molecule has 4 nitrogen and oxygen atoms in total. The molecule has 5 heteroatoms. The minimum absolute atomic E-state index is 0.0177. The van der Waals surface area contributed by atoms with Crippen molar-refractivity contribution >= 4 is 29.3 Å². The fraction of sp³-hybridized carbons (Fsp3) is 0.222. The Labute approximate surface area is 139 Å². The molecule has 0 saturated heterocycles. The summed E-state index contributed by atoms with van der Waals surface area (Å²) in [6, 6.07) is 16.5. The highest BCUT2D eigenvalue weighted by molar-refractivity contribution is 7.99. The number of para-hydroxylation sites is 1. The Morgan fingerprint density at radius 3 is 2.52 bits per heavy atom. The van der Waals surface area contributed by atoms with Gasteiger partial charge in [-0.3, -0.25) is 9.69 Å². The monoisotopic (exact) mass is 327 g/mol. The van der Waals surface area contributed by atoms with Gasteiger partial charge in [-0.2, -0.15) is 0 Å². The van der Waals surface area contributed by atoms with Crippen LogP contribution in [0.3, 0.4) is 0 Å². The summed E-state index contributed by atoms with van der Waals surface area (Å²) >= 11 is 1.61. The van der Waals surface area contributed by atoms with Crippen LogP contribution in [-0.4, -0.2) is 23.0 Å². The SMILES string of the molecule is CC(C(=O)O)N1C(=O)CC(c2ccccc2)Sc2ccccc21. The van der Waals surface area contributed by atoms with Crippen LogP contribution in [0, 0.1) is 0 Å². The lowest BCUT2D eigenvalue weighted by Gasteiger charge is -2.26. The van der Waals surface area contributed by atoms with E-state index in [1.807, 2.05) is 54.6 Å². The number of amides is 1. The van der Waals surface area contributed by atoms with Gasteiger partial charge in [0.15, 0.2) is 0 Å². The molecule has 0 aromatic heterocycles. The molecule has 2 unspecified atom stereocenters. The van der Waals surface area contributed by atoms with Crippen LogP contribution in [0.4, 0.5) is 5.69 Å². The zero-order valence-corrected chi connectivity index (χ0v) is 13.5. The van der Waals surface area contributed by atoms with Gasteiger partial charge in [0.1, 0.15) is 6.04 Å². The Morgan fingerprint density at radius 2 is 1.83 bits per heavy atom. The second kappa shape index (κ2) is 6.46. The minimum atomic E-state index is -1.00. The van der Waals surface area contributed by atoms with Crippen LogP contribution < -0.4 is 4.90 Å². The summed E-state index contributed by atoms with van der Waals surface area (Å²) in [6.45, 7) is 1.55. The first kappa shape index (κ1) is 15.6. The number of rotatable bonds is 3. The molecular formula is C18H17NO3S. The number of benzene rings is 2. The van der Waals surface area contributed by atoms with E-state index < -0.39 is 12.0 Å². The predicted octanol–water partition coefficient (Wildman–Crippen LogP) is 3.73. The van der Waals surface area contributed by atoms with E-state index >= 15 is 0 Å². The quantitative estimate of drug-likeness (QED) is 0.933. The van der Waals surface area contributed by atoms with Crippen molar-refractivity contribution in [3.63, 3.8) is 0 Å². The Balaban J connectivity index is 2.04. The van der Waals surface area contributed by atoms with Gasteiger partial charge in [0.05, 0.1) is 5.69 Å². The number of carbonyl (C=O) groups is 2. The highest BCUT2D eigenvalue weighted by atomic mass is 32.2. The molecule has 1 aliphatic heterocycles. The molecule has 2 aromatic rings. The van der Waals surface area contributed by atoms with Crippen molar-refractivity contribution in [3.8, 4) is 0 Å². The van der Waals surface area contributed by atoms with Crippen LogP contribution in [0.25, 0.3) is 0 Å². The van der Waals surface area contributed by atoms with Crippen LogP contribution >= 0.6 is 11.8 Å².